The number of benzene rings is 2. The lowest BCUT2D eigenvalue weighted by Crippen LogP contribution is -3.13. The molecule has 1 aliphatic rings. The zero-order valence-corrected chi connectivity index (χ0v) is 15.1. The number of carbonyl (C=O) groups is 1. The molecular weight excluding hydrogens is 357 g/mol. The zero-order valence-electron chi connectivity index (χ0n) is 15.1. The van der Waals surface area contributed by atoms with Crippen LogP contribution in [0.25, 0.3) is 0 Å². The molecular formula is C20H22F3N2O2+. The summed E-state index contributed by atoms with van der Waals surface area (Å²) in [6, 6.07) is 12.8. The number of esters is 1. The van der Waals surface area contributed by atoms with Crippen molar-refractivity contribution in [3.05, 3.63) is 65.2 Å². The second-order valence-electron chi connectivity index (χ2n) is 6.65. The van der Waals surface area contributed by atoms with E-state index >= 15 is 0 Å². The van der Waals surface area contributed by atoms with Crippen LogP contribution >= 0.6 is 0 Å². The Morgan fingerprint density at radius 1 is 1.11 bits per heavy atom. The van der Waals surface area contributed by atoms with Crippen LogP contribution in [0.5, 0.6) is 0 Å². The number of hydrogen-bond donors (Lipinski definition) is 1. The first kappa shape index (κ1) is 19.2. The molecule has 1 aliphatic heterocycles. The van der Waals surface area contributed by atoms with Gasteiger partial charge in [0.2, 0.25) is 0 Å². The summed E-state index contributed by atoms with van der Waals surface area (Å²) in [5.41, 5.74) is 1.64. The van der Waals surface area contributed by atoms with Gasteiger partial charge in [-0.25, -0.2) is 4.79 Å². The minimum atomic E-state index is -4.32. The molecule has 144 valence electrons. The van der Waals surface area contributed by atoms with Crippen molar-refractivity contribution < 1.29 is 27.6 Å². The van der Waals surface area contributed by atoms with Crippen LogP contribution in [0.3, 0.4) is 0 Å². The lowest BCUT2D eigenvalue weighted by molar-refractivity contribution is -0.914. The Labute approximate surface area is 156 Å². The smallest absolute Gasteiger partial charge is 0.416 e. The normalized spacial score (nSPS) is 15.6. The predicted molar refractivity (Wildman–Crippen MR) is 95.8 cm³/mol. The molecule has 1 fully saturated rings. The van der Waals surface area contributed by atoms with E-state index in [0.717, 1.165) is 31.3 Å². The molecule has 2 aromatic carbocycles. The molecule has 1 N–H and O–H groups in total. The molecule has 0 unspecified atom stereocenters. The molecule has 0 bridgehead atoms. The summed E-state index contributed by atoms with van der Waals surface area (Å²) in [6.45, 7) is 3.91. The summed E-state index contributed by atoms with van der Waals surface area (Å²) >= 11 is 0. The molecule has 0 radical (unpaired) electrons. The molecule has 1 heterocycles. The van der Waals surface area contributed by atoms with E-state index in [9.17, 15) is 18.0 Å². The lowest BCUT2D eigenvalue weighted by Gasteiger charge is -2.34. The van der Waals surface area contributed by atoms with Crippen molar-refractivity contribution in [2.24, 2.45) is 0 Å². The van der Waals surface area contributed by atoms with Crippen LogP contribution in [0, 0.1) is 0 Å². The van der Waals surface area contributed by atoms with Crippen molar-refractivity contribution in [1.29, 1.82) is 0 Å². The van der Waals surface area contributed by atoms with Crippen LogP contribution in [-0.2, 0) is 17.5 Å². The summed E-state index contributed by atoms with van der Waals surface area (Å²) in [4.78, 5) is 14.8. The van der Waals surface area contributed by atoms with Gasteiger partial charge >= 0.3 is 12.1 Å². The number of piperazine rings is 1. The molecule has 3 rings (SSSR count). The zero-order chi connectivity index (χ0) is 19.4. The monoisotopic (exact) mass is 379 g/mol. The first-order valence-electron chi connectivity index (χ1n) is 8.80. The Bertz CT molecular complexity index is 783. The van der Waals surface area contributed by atoms with Gasteiger partial charge in [0.15, 0.2) is 0 Å². The van der Waals surface area contributed by atoms with Gasteiger partial charge in [-0.05, 0) is 30.3 Å². The third-order valence-electron chi connectivity index (χ3n) is 4.84. The Morgan fingerprint density at radius 2 is 1.78 bits per heavy atom. The van der Waals surface area contributed by atoms with Crippen molar-refractivity contribution in [1.82, 2.24) is 0 Å². The highest BCUT2D eigenvalue weighted by Gasteiger charge is 2.31. The van der Waals surface area contributed by atoms with Gasteiger partial charge in [-0.2, -0.15) is 13.2 Å². The summed E-state index contributed by atoms with van der Waals surface area (Å²) in [7, 11) is 1.35. The minimum absolute atomic E-state index is 0.358. The van der Waals surface area contributed by atoms with E-state index in [1.54, 1.807) is 18.2 Å². The first-order chi connectivity index (χ1) is 12.9. The van der Waals surface area contributed by atoms with Crippen LogP contribution in [0.4, 0.5) is 18.9 Å². The van der Waals surface area contributed by atoms with Gasteiger partial charge in [-0.1, -0.05) is 18.2 Å². The van der Waals surface area contributed by atoms with Crippen LogP contribution in [-0.4, -0.2) is 39.3 Å². The van der Waals surface area contributed by atoms with Crippen LogP contribution in [0.2, 0.25) is 0 Å². The van der Waals surface area contributed by atoms with Crippen molar-refractivity contribution in [3.8, 4) is 0 Å². The molecule has 0 aromatic heterocycles. The maximum absolute atomic E-state index is 12.9. The van der Waals surface area contributed by atoms with E-state index in [1.165, 1.54) is 24.1 Å². The standard InChI is InChI=1S/C20H21F3N2O2/c1-27-19(26)16-7-5-15(6-8-16)14-24-9-11-25(12-10-24)18-4-2-3-17(13-18)20(21,22)23/h2-8,13H,9-12,14H2,1H3/p+1. The highest BCUT2D eigenvalue weighted by Crippen LogP contribution is 2.31. The summed E-state index contributed by atoms with van der Waals surface area (Å²) in [5, 5.41) is 0. The highest BCUT2D eigenvalue weighted by molar-refractivity contribution is 5.89. The average Bonchev–Trinajstić information content (AvgIpc) is 2.68. The summed E-state index contributed by atoms with van der Waals surface area (Å²) < 4.78 is 43.4. The fourth-order valence-corrected chi connectivity index (χ4v) is 3.30. The number of hydrogen-bond acceptors (Lipinski definition) is 3. The number of carbonyl (C=O) groups excluding carboxylic acids is 1. The Morgan fingerprint density at radius 3 is 2.37 bits per heavy atom. The van der Waals surface area contributed by atoms with E-state index in [2.05, 4.69) is 4.74 Å². The lowest BCUT2D eigenvalue weighted by atomic mass is 10.1. The van der Waals surface area contributed by atoms with Crippen molar-refractivity contribution in [2.75, 3.05) is 38.2 Å². The molecule has 0 amide bonds. The average molecular weight is 379 g/mol. The van der Waals surface area contributed by atoms with E-state index in [1.807, 2.05) is 17.0 Å². The van der Waals surface area contributed by atoms with Crippen molar-refractivity contribution in [3.63, 3.8) is 0 Å². The number of quaternary nitrogens is 1. The van der Waals surface area contributed by atoms with Gasteiger partial charge in [0.05, 0.1) is 44.4 Å². The quantitative estimate of drug-likeness (QED) is 0.829. The van der Waals surface area contributed by atoms with E-state index in [-0.39, 0.29) is 5.97 Å². The molecule has 0 aliphatic carbocycles. The minimum Gasteiger partial charge on any atom is -0.465 e. The molecule has 0 spiro atoms. The molecule has 2 aromatic rings. The molecule has 0 saturated carbocycles. The number of nitrogens with zero attached hydrogens (tertiary/aromatic N) is 1. The summed E-state index contributed by atoms with van der Waals surface area (Å²) in [6.07, 6.45) is -4.32. The number of anilines is 1. The van der Waals surface area contributed by atoms with Gasteiger partial charge in [-0.3, -0.25) is 0 Å². The third-order valence-corrected chi connectivity index (χ3v) is 4.84. The molecule has 7 heteroatoms. The van der Waals surface area contributed by atoms with E-state index in [4.69, 9.17) is 0 Å². The maximum Gasteiger partial charge on any atom is 0.416 e. The number of halogens is 3. The van der Waals surface area contributed by atoms with Crippen molar-refractivity contribution >= 4 is 11.7 Å². The van der Waals surface area contributed by atoms with Crippen LogP contribution in [0.15, 0.2) is 48.5 Å². The van der Waals surface area contributed by atoms with Gasteiger partial charge in [0, 0.05) is 11.3 Å². The summed E-state index contributed by atoms with van der Waals surface area (Å²) in [5.74, 6) is -0.358. The second kappa shape index (κ2) is 8.00. The third kappa shape index (κ3) is 4.80. The fraction of sp³-hybridized carbons (Fsp3) is 0.350. The Kier molecular flexibility index (Phi) is 5.70. The molecule has 27 heavy (non-hydrogen) atoms. The first-order valence-corrected chi connectivity index (χ1v) is 8.80. The number of nitrogens with one attached hydrogen (secondary N) is 1. The Balaban J connectivity index is 1.57. The largest absolute Gasteiger partial charge is 0.465 e. The van der Waals surface area contributed by atoms with Gasteiger partial charge < -0.3 is 14.5 Å². The molecule has 1 saturated heterocycles. The molecule has 0 atom stereocenters. The van der Waals surface area contributed by atoms with Gasteiger partial charge in [-0.15, -0.1) is 0 Å². The van der Waals surface area contributed by atoms with Crippen molar-refractivity contribution in [2.45, 2.75) is 12.7 Å². The number of rotatable bonds is 4. The van der Waals surface area contributed by atoms with Gasteiger partial charge in [0.1, 0.15) is 6.54 Å². The highest BCUT2D eigenvalue weighted by atomic mass is 19.4. The predicted octanol–water partition coefficient (Wildman–Crippen LogP) is 2.40. The van der Waals surface area contributed by atoms with Crippen LogP contribution in [0.1, 0.15) is 21.5 Å². The van der Waals surface area contributed by atoms with Crippen LogP contribution < -0.4 is 9.80 Å². The maximum atomic E-state index is 12.9. The Hall–Kier alpha value is -2.54. The number of ether oxygens (including phenoxy) is 1. The fourth-order valence-electron chi connectivity index (χ4n) is 3.30. The van der Waals surface area contributed by atoms with E-state index in [0.29, 0.717) is 24.3 Å². The second-order valence-corrected chi connectivity index (χ2v) is 6.65. The number of methoxy groups -OCH3 is 1. The SMILES string of the molecule is COC(=O)c1ccc(C[NH+]2CCN(c3cccc(C(F)(F)F)c3)CC2)cc1. The molecule has 4 nitrogen and oxygen atoms in total. The number of alkyl halides is 3. The van der Waals surface area contributed by atoms with E-state index < -0.39 is 11.7 Å². The van der Waals surface area contributed by atoms with Gasteiger partial charge in [0.25, 0.3) is 0 Å². The topological polar surface area (TPSA) is 34.0 Å².